The second kappa shape index (κ2) is 7.36. The molecule has 0 saturated carbocycles. The number of benzene rings is 2. The molecule has 1 fully saturated rings. The predicted octanol–water partition coefficient (Wildman–Crippen LogP) is 4.04. The highest BCUT2D eigenvalue weighted by Crippen LogP contribution is 2.33. The fourth-order valence-electron chi connectivity index (χ4n) is 3.75. The van der Waals surface area contributed by atoms with Crippen LogP contribution in [-0.4, -0.2) is 41.3 Å². The molecule has 7 nitrogen and oxygen atoms in total. The minimum absolute atomic E-state index is 0.0122. The lowest BCUT2D eigenvalue weighted by Crippen LogP contribution is -2.38. The average Bonchev–Trinajstić information content (AvgIpc) is 3.39. The number of nitrogens with one attached hydrogen (secondary N) is 2. The van der Waals surface area contributed by atoms with Gasteiger partial charge in [-0.05, 0) is 49.2 Å². The van der Waals surface area contributed by atoms with Gasteiger partial charge in [-0.25, -0.2) is 4.98 Å². The molecule has 2 aromatic carbocycles. The molecule has 5 rings (SSSR count). The van der Waals surface area contributed by atoms with Crippen molar-refractivity contribution in [1.82, 2.24) is 15.2 Å². The lowest BCUT2D eigenvalue weighted by Gasteiger charge is -2.31. The van der Waals surface area contributed by atoms with Crippen LogP contribution in [0, 0.1) is 5.92 Å². The highest BCUT2D eigenvalue weighted by molar-refractivity contribution is 7.22. The summed E-state index contributed by atoms with van der Waals surface area (Å²) >= 11 is 1.67. The number of anilines is 2. The number of H-pyrrole nitrogens is 1. The van der Waals surface area contributed by atoms with Gasteiger partial charge in [0.1, 0.15) is 5.75 Å². The van der Waals surface area contributed by atoms with Crippen LogP contribution in [0.25, 0.3) is 21.1 Å². The van der Waals surface area contributed by atoms with Crippen LogP contribution in [0.3, 0.4) is 0 Å². The molecule has 3 heterocycles. The molecule has 1 aliphatic rings. The van der Waals surface area contributed by atoms with E-state index in [-0.39, 0.29) is 11.8 Å². The molecule has 0 radical (unpaired) electrons. The second-order valence-electron chi connectivity index (χ2n) is 7.25. The maximum Gasteiger partial charge on any atom is 0.227 e. The molecule has 4 aromatic rings. The monoisotopic (exact) mass is 407 g/mol. The van der Waals surface area contributed by atoms with Crippen molar-refractivity contribution < 1.29 is 9.53 Å². The van der Waals surface area contributed by atoms with E-state index in [1.807, 2.05) is 36.4 Å². The third kappa shape index (κ3) is 3.51. The molecule has 2 N–H and O–H groups in total. The summed E-state index contributed by atoms with van der Waals surface area (Å²) in [5, 5.41) is 12.0. The van der Waals surface area contributed by atoms with Crippen LogP contribution in [0.5, 0.6) is 5.75 Å². The number of nitrogens with zero attached hydrogens (tertiary/aromatic N) is 3. The van der Waals surface area contributed by atoms with E-state index < -0.39 is 0 Å². The Morgan fingerprint density at radius 1 is 1.24 bits per heavy atom. The summed E-state index contributed by atoms with van der Waals surface area (Å²) < 4.78 is 6.42. The van der Waals surface area contributed by atoms with E-state index in [2.05, 4.69) is 20.4 Å². The van der Waals surface area contributed by atoms with E-state index in [9.17, 15) is 4.79 Å². The van der Waals surface area contributed by atoms with Gasteiger partial charge in [0.25, 0.3) is 0 Å². The van der Waals surface area contributed by atoms with Crippen LogP contribution in [0.2, 0.25) is 0 Å². The van der Waals surface area contributed by atoms with Gasteiger partial charge in [0, 0.05) is 30.1 Å². The standard InChI is InChI=1S/C21H21N5O2S/c1-28-16-4-5-17-19(11-16)29-21(24-17)26-8-6-13(7-9-26)20(27)23-15-3-2-14-12-22-25-18(14)10-15/h2-5,10-13H,6-9H2,1H3,(H,22,25)(H,23,27). The molecule has 29 heavy (non-hydrogen) atoms. The van der Waals surface area contributed by atoms with Gasteiger partial charge in [-0.3, -0.25) is 9.89 Å². The first-order valence-electron chi connectivity index (χ1n) is 9.63. The number of aromatic amines is 1. The molecule has 1 aliphatic heterocycles. The molecule has 8 heteroatoms. The fraction of sp³-hybridized carbons (Fsp3) is 0.286. The van der Waals surface area contributed by atoms with Crippen molar-refractivity contribution >= 4 is 49.2 Å². The summed E-state index contributed by atoms with van der Waals surface area (Å²) in [6.45, 7) is 1.66. The Balaban J connectivity index is 1.23. The van der Waals surface area contributed by atoms with E-state index >= 15 is 0 Å². The van der Waals surface area contributed by atoms with Gasteiger partial charge in [0.2, 0.25) is 5.91 Å². The third-order valence-corrected chi connectivity index (χ3v) is 6.51. The van der Waals surface area contributed by atoms with Crippen LogP contribution in [0.4, 0.5) is 10.8 Å². The van der Waals surface area contributed by atoms with Crippen LogP contribution >= 0.6 is 11.3 Å². The fourth-order valence-corrected chi connectivity index (χ4v) is 4.79. The number of hydrogen-bond donors (Lipinski definition) is 2. The minimum Gasteiger partial charge on any atom is -0.497 e. The molecule has 148 valence electrons. The Morgan fingerprint density at radius 2 is 2.10 bits per heavy atom. The van der Waals surface area contributed by atoms with Crippen molar-refractivity contribution in [3.05, 3.63) is 42.6 Å². The molecular formula is C21H21N5O2S. The number of carbonyl (C=O) groups is 1. The molecular weight excluding hydrogens is 386 g/mol. The van der Waals surface area contributed by atoms with Gasteiger partial charge in [0.15, 0.2) is 5.13 Å². The Morgan fingerprint density at radius 3 is 2.93 bits per heavy atom. The van der Waals surface area contributed by atoms with Gasteiger partial charge in [-0.2, -0.15) is 5.10 Å². The maximum atomic E-state index is 12.7. The Kier molecular flexibility index (Phi) is 4.55. The summed E-state index contributed by atoms with van der Waals surface area (Å²) in [6.07, 6.45) is 3.41. The van der Waals surface area contributed by atoms with Gasteiger partial charge in [-0.15, -0.1) is 0 Å². The minimum atomic E-state index is 0.0122. The zero-order valence-corrected chi connectivity index (χ0v) is 16.8. The van der Waals surface area contributed by atoms with Crippen molar-refractivity contribution in [3.8, 4) is 5.75 Å². The molecule has 0 bridgehead atoms. The third-order valence-electron chi connectivity index (χ3n) is 5.43. The van der Waals surface area contributed by atoms with E-state index in [0.29, 0.717) is 0 Å². The lowest BCUT2D eigenvalue weighted by atomic mass is 9.96. The number of carbonyl (C=O) groups excluding carboxylic acids is 1. The van der Waals surface area contributed by atoms with E-state index in [4.69, 9.17) is 9.72 Å². The SMILES string of the molecule is COc1ccc2nc(N3CCC(C(=O)Nc4ccc5cn[nH]c5c4)CC3)sc2c1. The first-order valence-corrected chi connectivity index (χ1v) is 10.4. The smallest absolute Gasteiger partial charge is 0.227 e. The topological polar surface area (TPSA) is 83.1 Å². The number of methoxy groups -OCH3 is 1. The molecule has 0 spiro atoms. The largest absolute Gasteiger partial charge is 0.497 e. The van der Waals surface area contributed by atoms with Crippen LogP contribution in [-0.2, 0) is 4.79 Å². The van der Waals surface area contributed by atoms with Crippen molar-refractivity contribution in [2.45, 2.75) is 12.8 Å². The zero-order chi connectivity index (χ0) is 19.8. The highest BCUT2D eigenvalue weighted by atomic mass is 32.1. The summed E-state index contributed by atoms with van der Waals surface area (Å²) in [5.74, 6) is 0.937. The number of hydrogen-bond acceptors (Lipinski definition) is 6. The molecule has 1 amide bonds. The van der Waals surface area contributed by atoms with Gasteiger partial charge in [0.05, 0.1) is 29.0 Å². The van der Waals surface area contributed by atoms with Crippen LogP contribution in [0.1, 0.15) is 12.8 Å². The number of fused-ring (bicyclic) bond motifs is 2. The van der Waals surface area contributed by atoms with Gasteiger partial charge in [-0.1, -0.05) is 11.3 Å². The second-order valence-corrected chi connectivity index (χ2v) is 8.26. The Hall–Kier alpha value is -3.13. The van der Waals surface area contributed by atoms with E-state index in [1.165, 1.54) is 0 Å². The molecule has 2 aromatic heterocycles. The van der Waals surface area contributed by atoms with Gasteiger partial charge < -0.3 is 15.0 Å². The van der Waals surface area contributed by atoms with Gasteiger partial charge >= 0.3 is 0 Å². The summed E-state index contributed by atoms with van der Waals surface area (Å²) in [4.78, 5) is 19.7. The van der Waals surface area contributed by atoms with Crippen molar-refractivity contribution in [2.24, 2.45) is 5.92 Å². The van der Waals surface area contributed by atoms with Crippen LogP contribution < -0.4 is 15.0 Å². The van der Waals surface area contributed by atoms with Crippen molar-refractivity contribution in [3.63, 3.8) is 0 Å². The Bertz CT molecular complexity index is 1180. The summed E-state index contributed by atoms with van der Waals surface area (Å²) in [6, 6.07) is 11.7. The number of ether oxygens (including phenoxy) is 1. The first-order chi connectivity index (χ1) is 14.2. The molecule has 0 aliphatic carbocycles. The maximum absolute atomic E-state index is 12.7. The first kappa shape index (κ1) is 17.9. The van der Waals surface area contributed by atoms with Crippen molar-refractivity contribution in [1.29, 1.82) is 0 Å². The number of amides is 1. The number of aromatic nitrogens is 3. The van der Waals surface area contributed by atoms with E-state index in [0.717, 1.165) is 63.6 Å². The lowest BCUT2D eigenvalue weighted by molar-refractivity contribution is -0.120. The average molecular weight is 407 g/mol. The molecule has 0 atom stereocenters. The predicted molar refractivity (Wildman–Crippen MR) is 116 cm³/mol. The van der Waals surface area contributed by atoms with Crippen molar-refractivity contribution in [2.75, 3.05) is 30.4 Å². The zero-order valence-electron chi connectivity index (χ0n) is 16.0. The summed E-state index contributed by atoms with van der Waals surface area (Å²) in [5.41, 5.74) is 2.71. The Labute approximate surface area is 171 Å². The summed E-state index contributed by atoms with van der Waals surface area (Å²) in [7, 11) is 1.67. The number of thiazole rings is 1. The number of rotatable bonds is 4. The van der Waals surface area contributed by atoms with E-state index in [1.54, 1.807) is 24.6 Å². The molecule has 1 saturated heterocycles. The van der Waals surface area contributed by atoms with Crippen LogP contribution in [0.15, 0.2) is 42.6 Å². The normalized spacial score (nSPS) is 15.1. The highest BCUT2D eigenvalue weighted by Gasteiger charge is 2.26. The number of piperidine rings is 1. The molecule has 0 unspecified atom stereocenters. The quantitative estimate of drug-likeness (QED) is 0.534.